The van der Waals surface area contributed by atoms with Crippen LogP contribution in [0.2, 0.25) is 0 Å². The van der Waals surface area contributed by atoms with Crippen molar-refractivity contribution in [1.82, 2.24) is 14.4 Å². The molecule has 1 fully saturated rings. The van der Waals surface area contributed by atoms with Crippen molar-refractivity contribution in [2.75, 3.05) is 32.5 Å². The number of carbonyl (C=O) groups excluding carboxylic acids is 1. The highest BCUT2D eigenvalue weighted by atomic mass is 19.1. The number of nitrogens with one attached hydrogen (secondary N) is 1. The van der Waals surface area contributed by atoms with Gasteiger partial charge in [-0.25, -0.2) is 4.39 Å². The van der Waals surface area contributed by atoms with Crippen molar-refractivity contribution in [3.05, 3.63) is 57.8 Å². The van der Waals surface area contributed by atoms with Crippen molar-refractivity contribution < 1.29 is 14.3 Å². The number of aromatic nitrogens is 1. The highest BCUT2D eigenvalue weighted by molar-refractivity contribution is 6.00. The highest BCUT2D eigenvalue weighted by Gasteiger charge is 2.48. The molecule has 2 N–H and O–H groups in total. The second kappa shape index (κ2) is 7.61. The number of aliphatic hydroxyl groups is 1. The molecule has 1 saturated heterocycles. The van der Waals surface area contributed by atoms with Crippen LogP contribution >= 0.6 is 0 Å². The lowest BCUT2D eigenvalue weighted by Crippen LogP contribution is -2.70. The fraction of sp³-hybridized carbons (Fsp3) is 0.429. The van der Waals surface area contributed by atoms with Crippen LogP contribution in [0.3, 0.4) is 0 Å². The van der Waals surface area contributed by atoms with E-state index in [4.69, 9.17) is 0 Å². The molecule has 3 rings (SSSR count). The maximum atomic E-state index is 14.3. The minimum Gasteiger partial charge on any atom is -0.385 e. The Bertz CT molecular complexity index is 996. The molecular formula is C21H27FN4O3. The van der Waals surface area contributed by atoms with Gasteiger partial charge in [0.15, 0.2) is 0 Å². The highest BCUT2D eigenvalue weighted by Crippen LogP contribution is 2.30. The van der Waals surface area contributed by atoms with Gasteiger partial charge in [0.1, 0.15) is 11.4 Å². The van der Waals surface area contributed by atoms with Crippen molar-refractivity contribution in [3.63, 3.8) is 0 Å². The summed E-state index contributed by atoms with van der Waals surface area (Å²) in [6.07, 6.45) is 1.44. The third-order valence-corrected chi connectivity index (χ3v) is 5.62. The normalized spacial score (nSPS) is 16.5. The van der Waals surface area contributed by atoms with E-state index in [1.54, 1.807) is 26.1 Å². The van der Waals surface area contributed by atoms with Crippen LogP contribution in [-0.4, -0.2) is 64.2 Å². The van der Waals surface area contributed by atoms with Gasteiger partial charge in [0.2, 0.25) is 0 Å². The van der Waals surface area contributed by atoms with Gasteiger partial charge in [0.05, 0.1) is 30.0 Å². The summed E-state index contributed by atoms with van der Waals surface area (Å²) in [7, 11) is 5.30. The number of anilines is 2. The molecule has 0 aliphatic carbocycles. The number of hydrogen-bond donors (Lipinski definition) is 2. The molecule has 29 heavy (non-hydrogen) atoms. The zero-order chi connectivity index (χ0) is 21.5. The lowest BCUT2D eigenvalue weighted by Gasteiger charge is -2.51. The topological polar surface area (TPSA) is 77.8 Å². The molecular weight excluding hydrogens is 375 g/mol. The number of likely N-dealkylation sites (tertiary alicyclic amines) is 1. The van der Waals surface area contributed by atoms with Crippen LogP contribution in [0.15, 0.2) is 35.3 Å². The molecule has 1 aliphatic rings. The van der Waals surface area contributed by atoms with E-state index < -0.39 is 11.4 Å². The van der Waals surface area contributed by atoms with Crippen LogP contribution in [0, 0.1) is 12.7 Å². The number of pyridine rings is 1. The number of rotatable bonds is 5. The Balaban J connectivity index is 1.88. The molecule has 1 aromatic carbocycles. The predicted octanol–water partition coefficient (Wildman–Crippen LogP) is 1.71. The molecule has 2 aromatic rings. The molecule has 0 bridgehead atoms. The van der Waals surface area contributed by atoms with Gasteiger partial charge in [0, 0.05) is 25.4 Å². The summed E-state index contributed by atoms with van der Waals surface area (Å²) < 4.78 is 15.6. The van der Waals surface area contributed by atoms with Crippen LogP contribution in [0.4, 0.5) is 15.8 Å². The average molecular weight is 402 g/mol. The van der Waals surface area contributed by atoms with Crippen LogP contribution in [0.5, 0.6) is 0 Å². The molecule has 1 aromatic heterocycles. The second-order valence-corrected chi connectivity index (χ2v) is 8.06. The molecule has 0 radical (unpaired) electrons. The van der Waals surface area contributed by atoms with E-state index in [2.05, 4.69) is 5.32 Å². The molecule has 0 saturated carbocycles. The standard InChI is InChI=1S/C21H27FN4O3/c1-13-6-7-17(16(22)8-13)23-18-9-19(27)25(5)10-15(18)20(28)26-11-21(29,12-26)14(2)24(3)4/h6-10,14,23,29H,11-12H2,1-5H3/t14-/m0/s1. The van der Waals surface area contributed by atoms with Gasteiger partial charge in [-0.15, -0.1) is 0 Å². The lowest BCUT2D eigenvalue weighted by molar-refractivity contribution is -0.120. The number of amides is 1. The number of nitrogens with zero attached hydrogens (tertiary/aromatic N) is 3. The van der Waals surface area contributed by atoms with Gasteiger partial charge < -0.3 is 24.8 Å². The second-order valence-electron chi connectivity index (χ2n) is 8.06. The monoisotopic (exact) mass is 402 g/mol. The summed E-state index contributed by atoms with van der Waals surface area (Å²) in [6, 6.07) is 5.85. The van der Waals surface area contributed by atoms with Crippen molar-refractivity contribution in [3.8, 4) is 0 Å². The molecule has 7 nitrogen and oxygen atoms in total. The number of hydrogen-bond acceptors (Lipinski definition) is 5. The van der Waals surface area contributed by atoms with E-state index in [0.717, 1.165) is 5.56 Å². The number of likely N-dealkylation sites (N-methyl/N-ethyl adjacent to an activating group) is 1. The van der Waals surface area contributed by atoms with E-state index in [-0.39, 0.29) is 47.5 Å². The van der Waals surface area contributed by atoms with Crippen molar-refractivity contribution in [1.29, 1.82) is 0 Å². The summed E-state index contributed by atoms with van der Waals surface area (Å²) in [5, 5.41) is 13.6. The van der Waals surface area contributed by atoms with E-state index in [9.17, 15) is 19.1 Å². The molecule has 8 heteroatoms. The number of aryl methyl sites for hydroxylation is 2. The Morgan fingerprint density at radius 3 is 2.52 bits per heavy atom. The Kier molecular flexibility index (Phi) is 5.51. The smallest absolute Gasteiger partial charge is 0.257 e. The minimum absolute atomic E-state index is 0.120. The molecule has 1 amide bonds. The first-order chi connectivity index (χ1) is 13.5. The van der Waals surface area contributed by atoms with Gasteiger partial charge in [0.25, 0.3) is 11.5 Å². The Labute approximate surface area is 169 Å². The first-order valence-electron chi connectivity index (χ1n) is 9.44. The minimum atomic E-state index is -0.990. The Morgan fingerprint density at radius 2 is 1.93 bits per heavy atom. The third-order valence-electron chi connectivity index (χ3n) is 5.62. The summed E-state index contributed by atoms with van der Waals surface area (Å²) in [5.41, 5.74) is 0.111. The maximum Gasteiger partial charge on any atom is 0.257 e. The molecule has 0 spiro atoms. The SMILES string of the molecule is Cc1ccc(Nc2cc(=O)n(C)cc2C(=O)N2CC(O)([C@H](C)N(C)C)C2)c(F)c1. The molecule has 1 atom stereocenters. The fourth-order valence-corrected chi connectivity index (χ4v) is 3.44. The number of β-amino-alcohol motifs (C(OH)–C–C–N with tert-alkyl or cyclic N) is 1. The number of benzene rings is 1. The number of halogens is 1. The molecule has 156 valence electrons. The summed E-state index contributed by atoms with van der Waals surface area (Å²) in [6.45, 7) is 4.06. The molecule has 2 heterocycles. The zero-order valence-corrected chi connectivity index (χ0v) is 17.4. The van der Waals surface area contributed by atoms with Crippen LogP contribution < -0.4 is 10.9 Å². The van der Waals surface area contributed by atoms with Crippen molar-refractivity contribution in [2.45, 2.75) is 25.5 Å². The lowest BCUT2D eigenvalue weighted by atomic mass is 9.85. The summed E-state index contributed by atoms with van der Waals surface area (Å²) in [5.74, 6) is -0.798. The maximum absolute atomic E-state index is 14.3. The first kappa shape index (κ1) is 21.0. The number of carbonyl (C=O) groups is 1. The van der Waals surface area contributed by atoms with Crippen LogP contribution in [-0.2, 0) is 7.05 Å². The molecule has 0 unspecified atom stereocenters. The summed E-state index contributed by atoms with van der Waals surface area (Å²) >= 11 is 0. The summed E-state index contributed by atoms with van der Waals surface area (Å²) in [4.78, 5) is 28.6. The third kappa shape index (κ3) is 4.04. The quantitative estimate of drug-likeness (QED) is 0.796. The fourth-order valence-electron chi connectivity index (χ4n) is 3.44. The Morgan fingerprint density at radius 1 is 1.28 bits per heavy atom. The van der Waals surface area contributed by atoms with E-state index in [0.29, 0.717) is 0 Å². The van der Waals surface area contributed by atoms with Gasteiger partial charge in [-0.05, 0) is 45.6 Å². The molecule has 1 aliphatic heterocycles. The van der Waals surface area contributed by atoms with Gasteiger partial charge in [-0.2, -0.15) is 0 Å². The van der Waals surface area contributed by atoms with Gasteiger partial charge in [-0.3, -0.25) is 9.59 Å². The largest absolute Gasteiger partial charge is 0.385 e. The van der Waals surface area contributed by atoms with Crippen LogP contribution in [0.25, 0.3) is 0 Å². The van der Waals surface area contributed by atoms with E-state index >= 15 is 0 Å². The van der Waals surface area contributed by atoms with Crippen LogP contribution in [0.1, 0.15) is 22.8 Å². The zero-order valence-electron chi connectivity index (χ0n) is 17.4. The Hall–Kier alpha value is -2.71. The van der Waals surface area contributed by atoms with Crippen molar-refractivity contribution in [2.24, 2.45) is 7.05 Å². The first-order valence-corrected chi connectivity index (χ1v) is 9.44. The van der Waals surface area contributed by atoms with Gasteiger partial charge >= 0.3 is 0 Å². The van der Waals surface area contributed by atoms with E-state index in [1.807, 2.05) is 25.9 Å². The predicted molar refractivity (Wildman–Crippen MR) is 110 cm³/mol. The average Bonchev–Trinajstić information content (AvgIpc) is 2.62. The van der Waals surface area contributed by atoms with E-state index in [1.165, 1.54) is 27.8 Å². The van der Waals surface area contributed by atoms with Gasteiger partial charge in [-0.1, -0.05) is 6.07 Å². The van der Waals surface area contributed by atoms with Crippen molar-refractivity contribution >= 4 is 17.3 Å².